The van der Waals surface area contributed by atoms with Crippen molar-refractivity contribution in [3.05, 3.63) is 51.1 Å². The zero-order valence-corrected chi connectivity index (χ0v) is 12.3. The molecule has 2 aromatic rings. The highest BCUT2D eigenvalue weighted by atomic mass is 35.5. The molecule has 0 N–H and O–H groups in total. The fourth-order valence-corrected chi connectivity index (χ4v) is 2.01. The van der Waals surface area contributed by atoms with Gasteiger partial charge in [-0.1, -0.05) is 46.9 Å². The van der Waals surface area contributed by atoms with Gasteiger partial charge in [0.1, 0.15) is 10.8 Å². The first-order valence-corrected chi connectivity index (χ1v) is 6.51. The van der Waals surface area contributed by atoms with Crippen molar-refractivity contribution >= 4 is 34.8 Å². The predicted octanol–water partition coefficient (Wildman–Crippen LogP) is 4.98. The monoisotopic (exact) mass is 317 g/mol. The Hall–Kier alpha value is -1.000. The highest BCUT2D eigenvalue weighted by Crippen LogP contribution is 2.33. The van der Waals surface area contributed by atoms with Crippen LogP contribution < -0.4 is 4.74 Å². The van der Waals surface area contributed by atoms with Gasteiger partial charge in [-0.15, -0.1) is 0 Å². The molecule has 100 valence electrons. The van der Waals surface area contributed by atoms with Crippen LogP contribution in [0.15, 0.2) is 30.3 Å². The van der Waals surface area contributed by atoms with Gasteiger partial charge in [-0.25, -0.2) is 0 Å². The largest absolute Gasteiger partial charge is 0.437 e. The summed E-state index contributed by atoms with van der Waals surface area (Å²) in [5, 5.41) is 0.729. The van der Waals surface area contributed by atoms with E-state index in [1.165, 1.54) is 6.07 Å². The third-order valence-corrected chi connectivity index (χ3v) is 3.22. The van der Waals surface area contributed by atoms with Gasteiger partial charge in [0.25, 0.3) is 0 Å². The van der Waals surface area contributed by atoms with Crippen LogP contribution in [0.25, 0.3) is 0 Å². The van der Waals surface area contributed by atoms with Crippen molar-refractivity contribution in [2.45, 2.75) is 6.61 Å². The van der Waals surface area contributed by atoms with Gasteiger partial charge in [0, 0.05) is 7.11 Å². The van der Waals surface area contributed by atoms with Gasteiger partial charge in [-0.05, 0) is 23.8 Å². The second-order valence-corrected chi connectivity index (χ2v) is 4.90. The van der Waals surface area contributed by atoms with E-state index in [0.29, 0.717) is 17.4 Å². The van der Waals surface area contributed by atoms with Gasteiger partial charge in [-0.3, -0.25) is 0 Å². The fraction of sp³-hybridized carbons (Fsp3) is 0.154. The molecular weight excluding hydrogens is 309 g/mol. The first kappa shape index (κ1) is 14.4. The molecule has 0 aliphatic carbocycles. The Morgan fingerprint density at radius 1 is 1.11 bits per heavy atom. The number of benzene rings is 1. The zero-order valence-electron chi connectivity index (χ0n) is 9.99. The summed E-state index contributed by atoms with van der Waals surface area (Å²) in [5.41, 5.74) is 0.983. The molecule has 0 unspecified atom stereocenters. The van der Waals surface area contributed by atoms with Crippen molar-refractivity contribution in [1.29, 1.82) is 0 Å². The van der Waals surface area contributed by atoms with Crippen molar-refractivity contribution < 1.29 is 9.47 Å². The van der Waals surface area contributed by atoms with Crippen molar-refractivity contribution in [1.82, 2.24) is 4.98 Å². The van der Waals surface area contributed by atoms with Gasteiger partial charge in [-0.2, -0.15) is 4.98 Å². The average molecular weight is 319 g/mol. The van der Waals surface area contributed by atoms with E-state index in [1.807, 2.05) is 18.2 Å². The van der Waals surface area contributed by atoms with E-state index in [4.69, 9.17) is 44.3 Å². The quantitative estimate of drug-likeness (QED) is 0.745. The summed E-state index contributed by atoms with van der Waals surface area (Å²) < 4.78 is 10.6. The van der Waals surface area contributed by atoms with E-state index in [-0.39, 0.29) is 16.1 Å². The first-order chi connectivity index (χ1) is 9.10. The van der Waals surface area contributed by atoms with Crippen LogP contribution in [0.4, 0.5) is 0 Å². The number of halogens is 3. The standard InChI is InChI=1S/C13H10Cl3NO2/c1-18-7-8-3-2-4-9(5-8)19-13-11(15)6-10(14)12(16)17-13/h2-6H,7H2,1H3. The molecule has 0 spiro atoms. The Balaban J connectivity index is 2.25. The van der Waals surface area contributed by atoms with Crippen molar-refractivity contribution in [2.24, 2.45) is 0 Å². The molecule has 0 aliphatic rings. The number of nitrogens with zero attached hydrogens (tertiary/aromatic N) is 1. The van der Waals surface area contributed by atoms with Gasteiger partial charge in [0.15, 0.2) is 5.15 Å². The molecule has 0 amide bonds. The molecule has 3 nitrogen and oxygen atoms in total. The Labute approximate surface area is 126 Å². The Morgan fingerprint density at radius 2 is 1.89 bits per heavy atom. The average Bonchev–Trinajstić information content (AvgIpc) is 2.37. The van der Waals surface area contributed by atoms with Crippen LogP contribution in [0.1, 0.15) is 5.56 Å². The van der Waals surface area contributed by atoms with Crippen LogP contribution in [0.5, 0.6) is 11.6 Å². The van der Waals surface area contributed by atoms with Crippen LogP contribution in [0, 0.1) is 0 Å². The van der Waals surface area contributed by atoms with Crippen molar-refractivity contribution in [3.63, 3.8) is 0 Å². The lowest BCUT2D eigenvalue weighted by Gasteiger charge is -2.09. The smallest absolute Gasteiger partial charge is 0.239 e. The summed E-state index contributed by atoms with van der Waals surface area (Å²) in [7, 11) is 1.63. The molecule has 0 radical (unpaired) electrons. The summed E-state index contributed by atoms with van der Waals surface area (Å²) in [4.78, 5) is 3.99. The number of ether oxygens (including phenoxy) is 2. The maximum Gasteiger partial charge on any atom is 0.239 e. The molecule has 1 aromatic carbocycles. The molecule has 2 rings (SSSR count). The van der Waals surface area contributed by atoms with Crippen LogP contribution in [0.2, 0.25) is 15.2 Å². The zero-order chi connectivity index (χ0) is 13.8. The van der Waals surface area contributed by atoms with Crippen LogP contribution in [-0.4, -0.2) is 12.1 Å². The van der Waals surface area contributed by atoms with Gasteiger partial charge in [0.05, 0.1) is 11.6 Å². The minimum Gasteiger partial charge on any atom is -0.437 e. The SMILES string of the molecule is COCc1cccc(Oc2nc(Cl)c(Cl)cc2Cl)c1. The van der Waals surface area contributed by atoms with E-state index in [2.05, 4.69) is 4.98 Å². The molecule has 6 heteroatoms. The summed E-state index contributed by atoms with van der Waals surface area (Å²) in [6, 6.07) is 8.91. The highest BCUT2D eigenvalue weighted by Gasteiger charge is 2.10. The van der Waals surface area contributed by atoms with E-state index >= 15 is 0 Å². The van der Waals surface area contributed by atoms with E-state index < -0.39 is 0 Å². The lowest BCUT2D eigenvalue weighted by molar-refractivity contribution is 0.184. The molecule has 19 heavy (non-hydrogen) atoms. The van der Waals surface area contributed by atoms with E-state index in [9.17, 15) is 0 Å². The number of pyridine rings is 1. The van der Waals surface area contributed by atoms with Crippen LogP contribution in [0.3, 0.4) is 0 Å². The topological polar surface area (TPSA) is 31.4 Å². The second-order valence-electron chi connectivity index (χ2n) is 3.73. The maximum atomic E-state index is 6.00. The molecule has 1 aromatic heterocycles. The third-order valence-electron chi connectivity index (χ3n) is 2.28. The Kier molecular flexibility index (Phi) is 4.88. The number of rotatable bonds is 4. The summed E-state index contributed by atoms with van der Waals surface area (Å²) in [6.07, 6.45) is 0. The Morgan fingerprint density at radius 3 is 2.63 bits per heavy atom. The second kappa shape index (κ2) is 6.44. The minimum absolute atomic E-state index is 0.147. The summed E-state index contributed by atoms with van der Waals surface area (Å²) in [6.45, 7) is 0.500. The fourth-order valence-electron chi connectivity index (χ4n) is 1.48. The maximum absolute atomic E-state index is 6.00. The molecule has 1 heterocycles. The lowest BCUT2D eigenvalue weighted by atomic mass is 10.2. The first-order valence-electron chi connectivity index (χ1n) is 5.37. The minimum atomic E-state index is 0.147. The Bertz CT molecular complexity index is 590. The molecule has 0 saturated heterocycles. The van der Waals surface area contributed by atoms with Crippen LogP contribution in [-0.2, 0) is 11.3 Å². The highest BCUT2D eigenvalue weighted by molar-refractivity contribution is 6.42. The van der Waals surface area contributed by atoms with Crippen molar-refractivity contribution in [2.75, 3.05) is 7.11 Å². The molecule has 0 saturated carbocycles. The third kappa shape index (κ3) is 3.74. The van der Waals surface area contributed by atoms with E-state index in [1.54, 1.807) is 13.2 Å². The number of aromatic nitrogens is 1. The molecule has 0 bridgehead atoms. The lowest BCUT2D eigenvalue weighted by Crippen LogP contribution is -1.92. The number of methoxy groups -OCH3 is 1. The molecule has 0 aliphatic heterocycles. The number of hydrogen-bond acceptors (Lipinski definition) is 3. The van der Waals surface area contributed by atoms with Crippen molar-refractivity contribution in [3.8, 4) is 11.6 Å². The van der Waals surface area contributed by atoms with Gasteiger partial charge in [0.2, 0.25) is 5.88 Å². The molecule has 0 fully saturated rings. The molecular formula is C13H10Cl3NO2. The van der Waals surface area contributed by atoms with Gasteiger partial charge < -0.3 is 9.47 Å². The summed E-state index contributed by atoms with van der Waals surface area (Å²) >= 11 is 17.6. The molecule has 0 atom stereocenters. The van der Waals surface area contributed by atoms with Crippen LogP contribution >= 0.6 is 34.8 Å². The van der Waals surface area contributed by atoms with E-state index in [0.717, 1.165) is 5.56 Å². The number of hydrogen-bond donors (Lipinski definition) is 0. The summed E-state index contributed by atoms with van der Waals surface area (Å²) in [5.74, 6) is 0.813. The normalized spacial score (nSPS) is 10.5. The predicted molar refractivity (Wildman–Crippen MR) is 76.5 cm³/mol. The van der Waals surface area contributed by atoms with Gasteiger partial charge >= 0.3 is 0 Å².